The summed E-state index contributed by atoms with van der Waals surface area (Å²) in [5.74, 6) is 3.52. The van der Waals surface area contributed by atoms with Crippen LogP contribution < -0.4 is 11.0 Å². The van der Waals surface area contributed by atoms with Crippen molar-refractivity contribution in [2.24, 2.45) is 5.92 Å². The van der Waals surface area contributed by atoms with E-state index in [1.165, 1.54) is 25.7 Å². The van der Waals surface area contributed by atoms with Crippen molar-refractivity contribution in [3.05, 3.63) is 16.3 Å². The van der Waals surface area contributed by atoms with E-state index in [1.807, 2.05) is 9.13 Å². The van der Waals surface area contributed by atoms with Gasteiger partial charge in [0.1, 0.15) is 17.3 Å². The van der Waals surface area contributed by atoms with E-state index in [2.05, 4.69) is 26.1 Å². The number of hydrogen-bond acceptors (Lipinski definition) is 4. The van der Waals surface area contributed by atoms with Crippen LogP contribution in [0.1, 0.15) is 64.6 Å². The molecule has 0 bridgehead atoms. The van der Waals surface area contributed by atoms with Crippen molar-refractivity contribution in [2.75, 3.05) is 5.32 Å². The van der Waals surface area contributed by atoms with Gasteiger partial charge in [0, 0.05) is 25.0 Å². The van der Waals surface area contributed by atoms with Gasteiger partial charge in [-0.05, 0) is 25.2 Å². The van der Waals surface area contributed by atoms with Crippen LogP contribution in [0.3, 0.4) is 0 Å². The smallest absolute Gasteiger partial charge is 0.331 e. The number of anilines is 1. The summed E-state index contributed by atoms with van der Waals surface area (Å²) in [6.45, 7) is 7.89. The third-order valence-corrected chi connectivity index (χ3v) is 5.54. The number of halogens is 1. The van der Waals surface area contributed by atoms with Crippen LogP contribution in [-0.4, -0.2) is 25.1 Å². The molecule has 1 saturated carbocycles. The van der Waals surface area contributed by atoms with Gasteiger partial charge in [0.2, 0.25) is 0 Å². The van der Waals surface area contributed by atoms with Crippen molar-refractivity contribution in [3.63, 3.8) is 0 Å². The lowest BCUT2D eigenvalue weighted by atomic mass is 10.1. The molecule has 1 atom stereocenters. The van der Waals surface area contributed by atoms with Crippen molar-refractivity contribution in [3.8, 4) is 11.5 Å². The molecule has 4 aliphatic rings. The summed E-state index contributed by atoms with van der Waals surface area (Å²) in [6.07, 6.45) is 5.79. The molecule has 0 aromatic rings. The molecule has 0 amide bonds. The second-order valence-electron chi connectivity index (χ2n) is 7.62. The highest BCUT2D eigenvalue weighted by atomic mass is 35.5. The molecule has 25 heavy (non-hydrogen) atoms. The van der Waals surface area contributed by atoms with E-state index in [4.69, 9.17) is 9.97 Å². The highest BCUT2D eigenvalue weighted by Gasteiger charge is 2.34. The molecule has 1 fully saturated rings. The zero-order valence-electron chi connectivity index (χ0n) is 15.3. The van der Waals surface area contributed by atoms with Crippen molar-refractivity contribution >= 4 is 18.2 Å². The van der Waals surface area contributed by atoms with E-state index in [1.54, 1.807) is 0 Å². The van der Waals surface area contributed by atoms with Crippen LogP contribution in [0.25, 0.3) is 11.5 Å². The summed E-state index contributed by atoms with van der Waals surface area (Å²) in [6, 6.07) is 0.282. The quantitative estimate of drug-likeness (QED) is 0.900. The van der Waals surface area contributed by atoms with Crippen LogP contribution in [0.4, 0.5) is 5.82 Å². The maximum Gasteiger partial charge on any atom is 0.331 e. The van der Waals surface area contributed by atoms with Gasteiger partial charge in [0.05, 0.1) is 0 Å². The standard InChI is InChI=1S/C18H27N5O.ClH/c1-4-9-22-17-14(20-15(21-17)12-7-5-6-8-12)16-19-13(11(2)3)10-23(16)18(22)24;/h11-13,19H,4-10H2,1-3H3;1H/t13-;/m1./s1. The van der Waals surface area contributed by atoms with E-state index >= 15 is 0 Å². The minimum Gasteiger partial charge on any atom is -0.365 e. The Morgan fingerprint density at radius 1 is 1.24 bits per heavy atom. The molecule has 3 heterocycles. The maximum atomic E-state index is 13.0. The lowest BCUT2D eigenvalue weighted by molar-refractivity contribution is 0.481. The molecule has 0 aromatic heterocycles. The van der Waals surface area contributed by atoms with Gasteiger partial charge in [-0.15, -0.1) is 12.4 Å². The molecule has 4 rings (SSSR count). The first-order valence-corrected chi connectivity index (χ1v) is 9.37. The van der Waals surface area contributed by atoms with Gasteiger partial charge >= 0.3 is 5.69 Å². The first kappa shape index (κ1) is 18.2. The van der Waals surface area contributed by atoms with Crippen LogP contribution in [0.5, 0.6) is 0 Å². The second-order valence-corrected chi connectivity index (χ2v) is 7.62. The Labute approximate surface area is 154 Å². The molecule has 3 aliphatic heterocycles. The van der Waals surface area contributed by atoms with Crippen molar-refractivity contribution < 1.29 is 0 Å². The van der Waals surface area contributed by atoms with E-state index < -0.39 is 0 Å². The fourth-order valence-electron chi connectivity index (χ4n) is 4.06. The van der Waals surface area contributed by atoms with Crippen LogP contribution in [0.2, 0.25) is 0 Å². The Balaban J connectivity index is 0.00000182. The monoisotopic (exact) mass is 365 g/mol. The van der Waals surface area contributed by atoms with Crippen LogP contribution >= 0.6 is 12.4 Å². The van der Waals surface area contributed by atoms with E-state index in [0.29, 0.717) is 18.4 Å². The number of nitrogens with zero attached hydrogens (tertiary/aromatic N) is 4. The van der Waals surface area contributed by atoms with Gasteiger partial charge in [-0.1, -0.05) is 33.6 Å². The topological polar surface area (TPSA) is 64.7 Å². The Morgan fingerprint density at radius 2 is 1.96 bits per heavy atom. The maximum absolute atomic E-state index is 13.0. The average Bonchev–Trinajstić information content (AvgIpc) is 3.28. The van der Waals surface area contributed by atoms with Crippen molar-refractivity contribution in [1.29, 1.82) is 0 Å². The molecule has 1 N–H and O–H groups in total. The predicted octanol–water partition coefficient (Wildman–Crippen LogP) is 3.48. The number of nitrogens with one attached hydrogen (secondary N) is 1. The Hall–Kier alpha value is -1.56. The normalized spacial score (nSPS) is 20.1. The number of fused-ring (bicyclic) bond motifs is 3. The van der Waals surface area contributed by atoms with E-state index in [0.717, 1.165) is 36.1 Å². The SMILES string of the molecule is CCCn1c2nc(C3CCCC3)nc-2c2n(c1=O)C[C@H](C(C)C)N2.Cl. The second kappa shape index (κ2) is 6.98. The molecule has 7 heteroatoms. The van der Waals surface area contributed by atoms with Crippen molar-refractivity contribution in [2.45, 2.75) is 77.9 Å². The number of hydrogen-bond donors (Lipinski definition) is 1. The molecule has 138 valence electrons. The van der Waals surface area contributed by atoms with E-state index in [9.17, 15) is 4.79 Å². The summed E-state index contributed by atoms with van der Waals surface area (Å²) in [4.78, 5) is 22.7. The Morgan fingerprint density at radius 3 is 2.60 bits per heavy atom. The molecule has 1 aliphatic carbocycles. The molecule has 0 aromatic carbocycles. The third-order valence-electron chi connectivity index (χ3n) is 5.54. The first-order valence-electron chi connectivity index (χ1n) is 9.37. The summed E-state index contributed by atoms with van der Waals surface area (Å²) < 4.78 is 3.70. The summed E-state index contributed by atoms with van der Waals surface area (Å²) in [5, 5.41) is 3.54. The summed E-state index contributed by atoms with van der Waals surface area (Å²) >= 11 is 0. The van der Waals surface area contributed by atoms with Gasteiger partial charge in [0.15, 0.2) is 5.82 Å². The predicted molar refractivity (Wildman–Crippen MR) is 102 cm³/mol. The molecule has 0 spiro atoms. The minimum absolute atomic E-state index is 0. The van der Waals surface area contributed by atoms with Gasteiger partial charge in [-0.3, -0.25) is 9.13 Å². The minimum atomic E-state index is 0. The summed E-state index contributed by atoms with van der Waals surface area (Å²) in [5.41, 5.74) is 0.931. The zero-order chi connectivity index (χ0) is 16.8. The molecule has 0 unspecified atom stereocenters. The van der Waals surface area contributed by atoms with Crippen LogP contribution in [-0.2, 0) is 13.1 Å². The molecule has 0 saturated heterocycles. The number of aromatic nitrogens is 4. The molecular formula is C18H28ClN5O. The van der Waals surface area contributed by atoms with Gasteiger partial charge in [-0.2, -0.15) is 0 Å². The number of imidazole rings is 1. The van der Waals surface area contributed by atoms with Crippen LogP contribution in [0, 0.1) is 5.92 Å². The first-order chi connectivity index (χ1) is 11.6. The van der Waals surface area contributed by atoms with Crippen molar-refractivity contribution in [1.82, 2.24) is 19.1 Å². The lowest BCUT2D eigenvalue weighted by Crippen LogP contribution is -2.32. The third kappa shape index (κ3) is 2.94. The zero-order valence-corrected chi connectivity index (χ0v) is 16.1. The summed E-state index contributed by atoms with van der Waals surface area (Å²) in [7, 11) is 0. The fraction of sp³-hybridized carbons (Fsp3) is 0.722. The fourth-order valence-corrected chi connectivity index (χ4v) is 4.06. The highest BCUT2D eigenvalue weighted by molar-refractivity contribution is 5.85. The molecule has 0 radical (unpaired) electrons. The largest absolute Gasteiger partial charge is 0.365 e. The lowest BCUT2D eigenvalue weighted by Gasteiger charge is -2.14. The van der Waals surface area contributed by atoms with Gasteiger partial charge in [0.25, 0.3) is 0 Å². The molecule has 6 nitrogen and oxygen atoms in total. The Bertz CT molecular complexity index is 775. The highest BCUT2D eigenvalue weighted by Crippen LogP contribution is 2.37. The van der Waals surface area contributed by atoms with Crippen LogP contribution in [0.15, 0.2) is 4.79 Å². The molecular weight excluding hydrogens is 338 g/mol. The van der Waals surface area contributed by atoms with E-state index in [-0.39, 0.29) is 24.1 Å². The Kier molecular flexibility index (Phi) is 5.09. The average molecular weight is 366 g/mol. The van der Waals surface area contributed by atoms with Gasteiger partial charge < -0.3 is 5.32 Å². The number of rotatable bonds is 4. The van der Waals surface area contributed by atoms with Gasteiger partial charge in [-0.25, -0.2) is 14.8 Å².